The van der Waals surface area contributed by atoms with Crippen molar-refractivity contribution in [3.05, 3.63) is 48.0 Å². The standard InChI is InChI=1S/C30H48/c1-3-4-5-6-7-8-9-10-11-12-13-14-15-16-17-18-22-27(2)29-26-21-24-28-23-19-20-25-30(28)29/h19-21,23-27H,3-18,22H2,1-2H3. The first-order valence-corrected chi connectivity index (χ1v) is 13.3. The highest BCUT2D eigenvalue weighted by Crippen LogP contribution is 2.29. The van der Waals surface area contributed by atoms with Crippen LogP contribution in [0.5, 0.6) is 0 Å². The maximum absolute atomic E-state index is 2.41. The first kappa shape index (κ1) is 25.0. The normalized spacial score (nSPS) is 12.5. The van der Waals surface area contributed by atoms with Gasteiger partial charge in [0, 0.05) is 0 Å². The van der Waals surface area contributed by atoms with E-state index in [1.807, 2.05) is 0 Å². The van der Waals surface area contributed by atoms with Crippen LogP contribution >= 0.6 is 0 Å². The van der Waals surface area contributed by atoms with Gasteiger partial charge in [0.15, 0.2) is 0 Å². The minimum absolute atomic E-state index is 0.669. The SMILES string of the molecule is CCCCCCCCCCCCCCCCCCC(C)c1cccc2ccccc12. The van der Waals surface area contributed by atoms with Crippen molar-refractivity contribution in [3.63, 3.8) is 0 Å². The molecule has 168 valence electrons. The Bertz CT molecular complexity index is 651. The summed E-state index contributed by atoms with van der Waals surface area (Å²) in [7, 11) is 0. The van der Waals surface area contributed by atoms with Gasteiger partial charge in [0.25, 0.3) is 0 Å². The number of fused-ring (bicyclic) bond motifs is 1. The van der Waals surface area contributed by atoms with E-state index < -0.39 is 0 Å². The van der Waals surface area contributed by atoms with Gasteiger partial charge in [-0.3, -0.25) is 0 Å². The van der Waals surface area contributed by atoms with E-state index in [4.69, 9.17) is 0 Å². The third-order valence-electron chi connectivity index (χ3n) is 6.84. The summed E-state index contributed by atoms with van der Waals surface area (Å²) in [5.41, 5.74) is 1.54. The molecule has 0 aliphatic heterocycles. The average molecular weight is 409 g/mol. The maximum atomic E-state index is 2.41. The highest BCUT2D eigenvalue weighted by molar-refractivity contribution is 5.86. The minimum atomic E-state index is 0.669. The predicted octanol–water partition coefficient (Wildman–Crippen LogP) is 10.6. The van der Waals surface area contributed by atoms with E-state index in [1.54, 1.807) is 0 Å². The van der Waals surface area contributed by atoms with Gasteiger partial charge in [0.05, 0.1) is 0 Å². The molecule has 0 aromatic heterocycles. The maximum Gasteiger partial charge on any atom is -0.0149 e. The van der Waals surface area contributed by atoms with Crippen molar-refractivity contribution < 1.29 is 0 Å². The van der Waals surface area contributed by atoms with Crippen molar-refractivity contribution in [2.75, 3.05) is 0 Å². The third kappa shape index (κ3) is 10.1. The molecule has 0 aliphatic carbocycles. The predicted molar refractivity (Wildman–Crippen MR) is 137 cm³/mol. The quantitative estimate of drug-likeness (QED) is 0.215. The fourth-order valence-corrected chi connectivity index (χ4v) is 4.83. The molecule has 0 N–H and O–H groups in total. The molecule has 2 aromatic rings. The van der Waals surface area contributed by atoms with Crippen LogP contribution in [-0.2, 0) is 0 Å². The molecule has 1 unspecified atom stereocenters. The molecule has 0 saturated carbocycles. The van der Waals surface area contributed by atoms with E-state index in [0.29, 0.717) is 5.92 Å². The molecular weight excluding hydrogens is 360 g/mol. The van der Waals surface area contributed by atoms with Crippen LogP contribution in [0, 0.1) is 0 Å². The molecule has 30 heavy (non-hydrogen) atoms. The molecular formula is C30H48. The average Bonchev–Trinajstić information content (AvgIpc) is 2.78. The van der Waals surface area contributed by atoms with Crippen LogP contribution in [0.15, 0.2) is 42.5 Å². The molecule has 2 aromatic carbocycles. The summed E-state index contributed by atoms with van der Waals surface area (Å²) < 4.78 is 0. The summed E-state index contributed by atoms with van der Waals surface area (Å²) in [6.45, 7) is 4.71. The van der Waals surface area contributed by atoms with Crippen molar-refractivity contribution in [1.29, 1.82) is 0 Å². The van der Waals surface area contributed by atoms with E-state index in [2.05, 4.69) is 56.3 Å². The minimum Gasteiger partial charge on any atom is -0.0654 e. The summed E-state index contributed by atoms with van der Waals surface area (Å²) >= 11 is 0. The Kier molecular flexibility index (Phi) is 13.6. The third-order valence-corrected chi connectivity index (χ3v) is 6.84. The van der Waals surface area contributed by atoms with Crippen LogP contribution < -0.4 is 0 Å². The van der Waals surface area contributed by atoms with Crippen molar-refractivity contribution in [2.24, 2.45) is 0 Å². The number of unbranched alkanes of at least 4 members (excludes halogenated alkanes) is 15. The van der Waals surface area contributed by atoms with Gasteiger partial charge in [0.2, 0.25) is 0 Å². The topological polar surface area (TPSA) is 0 Å². The van der Waals surface area contributed by atoms with E-state index in [-0.39, 0.29) is 0 Å². The molecule has 1 atom stereocenters. The van der Waals surface area contributed by atoms with Gasteiger partial charge >= 0.3 is 0 Å². The van der Waals surface area contributed by atoms with Gasteiger partial charge < -0.3 is 0 Å². The summed E-state index contributed by atoms with van der Waals surface area (Å²) in [5, 5.41) is 2.83. The van der Waals surface area contributed by atoms with Crippen LogP contribution in [0.2, 0.25) is 0 Å². The second-order valence-electron chi connectivity index (χ2n) is 9.56. The van der Waals surface area contributed by atoms with Gasteiger partial charge in [-0.15, -0.1) is 0 Å². The Morgan fingerprint density at radius 2 is 1.00 bits per heavy atom. The van der Waals surface area contributed by atoms with Crippen LogP contribution in [0.25, 0.3) is 10.8 Å². The Morgan fingerprint density at radius 3 is 1.57 bits per heavy atom. The van der Waals surface area contributed by atoms with Gasteiger partial charge in [-0.25, -0.2) is 0 Å². The summed E-state index contributed by atoms with van der Waals surface area (Å²) in [6.07, 6.45) is 24.5. The van der Waals surface area contributed by atoms with Crippen LogP contribution in [0.3, 0.4) is 0 Å². The molecule has 0 heterocycles. The Morgan fingerprint density at radius 1 is 0.533 bits per heavy atom. The molecule has 0 nitrogen and oxygen atoms in total. The van der Waals surface area contributed by atoms with Crippen LogP contribution in [0.4, 0.5) is 0 Å². The molecule has 0 fully saturated rings. The van der Waals surface area contributed by atoms with Gasteiger partial charge in [-0.2, -0.15) is 0 Å². The fraction of sp³-hybridized carbons (Fsp3) is 0.667. The van der Waals surface area contributed by atoms with Gasteiger partial charge in [-0.1, -0.05) is 159 Å². The smallest absolute Gasteiger partial charge is 0.0149 e. The molecule has 0 spiro atoms. The van der Waals surface area contributed by atoms with E-state index in [1.165, 1.54) is 125 Å². The summed E-state index contributed by atoms with van der Waals surface area (Å²) in [6, 6.07) is 15.6. The molecule has 2 rings (SSSR count). The van der Waals surface area contributed by atoms with Crippen LogP contribution in [-0.4, -0.2) is 0 Å². The molecule has 0 radical (unpaired) electrons. The van der Waals surface area contributed by atoms with E-state index in [9.17, 15) is 0 Å². The monoisotopic (exact) mass is 408 g/mol. The Labute approximate surface area is 187 Å². The number of hydrogen-bond donors (Lipinski definition) is 0. The number of hydrogen-bond acceptors (Lipinski definition) is 0. The zero-order valence-electron chi connectivity index (χ0n) is 20.1. The Hall–Kier alpha value is -1.30. The lowest BCUT2D eigenvalue weighted by molar-refractivity contribution is 0.521. The molecule has 0 aliphatic rings. The van der Waals surface area contributed by atoms with Crippen LogP contribution in [0.1, 0.15) is 134 Å². The lowest BCUT2D eigenvalue weighted by Gasteiger charge is -2.14. The molecule has 0 bridgehead atoms. The Balaban J connectivity index is 1.41. The second-order valence-corrected chi connectivity index (χ2v) is 9.56. The van der Waals surface area contributed by atoms with E-state index in [0.717, 1.165) is 0 Å². The van der Waals surface area contributed by atoms with Crippen molar-refractivity contribution in [3.8, 4) is 0 Å². The largest absolute Gasteiger partial charge is 0.0654 e. The van der Waals surface area contributed by atoms with Crippen molar-refractivity contribution >= 4 is 10.8 Å². The number of benzene rings is 2. The summed E-state index contributed by atoms with van der Waals surface area (Å²) in [4.78, 5) is 0. The molecule has 0 saturated heterocycles. The van der Waals surface area contributed by atoms with E-state index >= 15 is 0 Å². The van der Waals surface area contributed by atoms with Gasteiger partial charge in [0.1, 0.15) is 0 Å². The zero-order chi connectivity index (χ0) is 21.3. The number of rotatable bonds is 18. The summed E-state index contributed by atoms with van der Waals surface area (Å²) in [5.74, 6) is 0.669. The van der Waals surface area contributed by atoms with Gasteiger partial charge in [-0.05, 0) is 28.7 Å². The molecule has 0 heteroatoms. The first-order valence-electron chi connectivity index (χ1n) is 13.3. The lowest BCUT2D eigenvalue weighted by atomic mass is 9.90. The highest BCUT2D eigenvalue weighted by atomic mass is 14.1. The first-order chi connectivity index (χ1) is 14.8. The second kappa shape index (κ2) is 16.4. The zero-order valence-corrected chi connectivity index (χ0v) is 20.1. The highest BCUT2D eigenvalue weighted by Gasteiger charge is 2.08. The lowest BCUT2D eigenvalue weighted by Crippen LogP contribution is -1.95. The van der Waals surface area contributed by atoms with Crippen molar-refractivity contribution in [2.45, 2.75) is 129 Å². The fourth-order valence-electron chi connectivity index (χ4n) is 4.83. The van der Waals surface area contributed by atoms with Crippen molar-refractivity contribution in [1.82, 2.24) is 0 Å². The molecule has 0 amide bonds.